The topological polar surface area (TPSA) is 60.0 Å². The number of carbonyl (C=O) groups excluding carboxylic acids is 1. The van der Waals surface area contributed by atoms with Crippen LogP contribution in [0, 0.1) is 11.8 Å². The minimum absolute atomic E-state index is 0.274. The molecular formula is C25H41N5O. The third-order valence-electron chi connectivity index (χ3n) is 6.93. The van der Waals surface area contributed by atoms with Crippen molar-refractivity contribution in [2.75, 3.05) is 47.3 Å². The average Bonchev–Trinajstić information content (AvgIpc) is 3.15. The van der Waals surface area contributed by atoms with Gasteiger partial charge in [0.1, 0.15) is 0 Å². The molecule has 0 aromatic heterocycles. The predicted molar refractivity (Wildman–Crippen MR) is 128 cm³/mol. The van der Waals surface area contributed by atoms with Gasteiger partial charge in [0.15, 0.2) is 5.96 Å². The van der Waals surface area contributed by atoms with Crippen molar-refractivity contribution in [3.8, 4) is 0 Å². The third-order valence-corrected chi connectivity index (χ3v) is 6.93. The number of rotatable bonds is 9. The average molecular weight is 428 g/mol. The Labute approximate surface area is 188 Å². The standard InChI is InChI=1S/C25H41N5O/c1-26-25(28-18-23(29(2)3)22-12-8-5-9-13-22)27-17-21-16-24(31)30(19-21)15-14-20-10-6-4-7-11-20/h4,6-7,10-11,21-23H,5,8-9,12-19H2,1-3H3,(H2,26,27,28). The molecule has 1 saturated heterocycles. The SMILES string of the molecule is CN=C(NCC1CC(=O)N(CCc2ccccc2)C1)NCC(C1CCCCC1)N(C)C. The van der Waals surface area contributed by atoms with Gasteiger partial charge in [-0.15, -0.1) is 0 Å². The Morgan fingerprint density at radius 1 is 1.16 bits per heavy atom. The third kappa shape index (κ3) is 7.23. The molecule has 6 nitrogen and oxygen atoms in total. The van der Waals surface area contributed by atoms with E-state index in [1.165, 1.54) is 37.7 Å². The lowest BCUT2D eigenvalue weighted by molar-refractivity contribution is -0.127. The quantitative estimate of drug-likeness (QED) is 0.470. The van der Waals surface area contributed by atoms with Gasteiger partial charge in [0.2, 0.25) is 5.91 Å². The highest BCUT2D eigenvalue weighted by molar-refractivity contribution is 5.80. The smallest absolute Gasteiger partial charge is 0.223 e. The summed E-state index contributed by atoms with van der Waals surface area (Å²) in [6.07, 6.45) is 8.32. The summed E-state index contributed by atoms with van der Waals surface area (Å²) < 4.78 is 0. The van der Waals surface area contributed by atoms with Crippen LogP contribution in [0.1, 0.15) is 44.1 Å². The molecule has 172 valence electrons. The van der Waals surface area contributed by atoms with Gasteiger partial charge in [0.05, 0.1) is 0 Å². The fraction of sp³-hybridized carbons (Fsp3) is 0.680. The number of likely N-dealkylation sites (tertiary alicyclic amines) is 1. The zero-order valence-electron chi connectivity index (χ0n) is 19.6. The van der Waals surface area contributed by atoms with Crippen LogP contribution in [0.4, 0.5) is 0 Å². The monoisotopic (exact) mass is 427 g/mol. The lowest BCUT2D eigenvalue weighted by Gasteiger charge is -2.35. The first-order valence-electron chi connectivity index (χ1n) is 12.0. The van der Waals surface area contributed by atoms with Crippen molar-refractivity contribution < 1.29 is 4.79 Å². The van der Waals surface area contributed by atoms with Gasteiger partial charge in [-0.3, -0.25) is 9.79 Å². The van der Waals surface area contributed by atoms with E-state index >= 15 is 0 Å². The van der Waals surface area contributed by atoms with E-state index in [-0.39, 0.29) is 5.91 Å². The number of hydrogen-bond acceptors (Lipinski definition) is 3. The van der Waals surface area contributed by atoms with Gasteiger partial charge in [-0.1, -0.05) is 49.6 Å². The van der Waals surface area contributed by atoms with Crippen LogP contribution in [-0.4, -0.2) is 75.0 Å². The molecule has 3 rings (SSSR count). The molecule has 1 heterocycles. The van der Waals surface area contributed by atoms with Crippen molar-refractivity contribution in [3.05, 3.63) is 35.9 Å². The molecule has 0 spiro atoms. The summed E-state index contributed by atoms with van der Waals surface area (Å²) in [5, 5.41) is 7.00. The summed E-state index contributed by atoms with van der Waals surface area (Å²) in [6, 6.07) is 10.9. The van der Waals surface area contributed by atoms with Crippen LogP contribution in [0.5, 0.6) is 0 Å². The highest BCUT2D eigenvalue weighted by Gasteiger charge is 2.29. The van der Waals surface area contributed by atoms with Gasteiger partial charge in [0, 0.05) is 51.6 Å². The van der Waals surface area contributed by atoms with E-state index in [4.69, 9.17) is 0 Å². The minimum Gasteiger partial charge on any atom is -0.356 e. The van der Waals surface area contributed by atoms with Crippen LogP contribution in [0.2, 0.25) is 0 Å². The van der Waals surface area contributed by atoms with Crippen molar-refractivity contribution in [3.63, 3.8) is 0 Å². The summed E-state index contributed by atoms with van der Waals surface area (Å²) in [5.41, 5.74) is 1.29. The second-order valence-corrected chi connectivity index (χ2v) is 9.41. The maximum Gasteiger partial charge on any atom is 0.223 e. The maximum atomic E-state index is 12.4. The Hall–Kier alpha value is -2.08. The molecule has 6 heteroatoms. The number of benzene rings is 1. The number of guanidine groups is 1. The first kappa shape index (κ1) is 23.6. The highest BCUT2D eigenvalue weighted by Crippen LogP contribution is 2.28. The molecule has 1 aromatic rings. The van der Waals surface area contributed by atoms with Crippen LogP contribution < -0.4 is 10.6 Å². The first-order chi connectivity index (χ1) is 15.1. The summed E-state index contributed by atoms with van der Waals surface area (Å²) in [6.45, 7) is 3.32. The number of hydrogen-bond donors (Lipinski definition) is 2. The van der Waals surface area contributed by atoms with Gasteiger partial charge >= 0.3 is 0 Å². The molecule has 1 aromatic carbocycles. The van der Waals surface area contributed by atoms with Crippen LogP contribution in [0.3, 0.4) is 0 Å². The molecule has 2 N–H and O–H groups in total. The van der Waals surface area contributed by atoms with Gasteiger partial charge in [0.25, 0.3) is 0 Å². The van der Waals surface area contributed by atoms with Crippen LogP contribution in [-0.2, 0) is 11.2 Å². The number of amides is 1. The number of nitrogens with one attached hydrogen (secondary N) is 2. The predicted octanol–water partition coefficient (Wildman–Crippen LogP) is 2.75. The van der Waals surface area contributed by atoms with Crippen LogP contribution >= 0.6 is 0 Å². The van der Waals surface area contributed by atoms with E-state index in [0.717, 1.165) is 44.5 Å². The minimum atomic E-state index is 0.274. The summed E-state index contributed by atoms with van der Waals surface area (Å²) >= 11 is 0. The van der Waals surface area contributed by atoms with Crippen LogP contribution in [0.15, 0.2) is 35.3 Å². The Morgan fingerprint density at radius 3 is 2.58 bits per heavy atom. The molecule has 2 aliphatic rings. The van der Waals surface area contributed by atoms with Gasteiger partial charge in [-0.25, -0.2) is 0 Å². The van der Waals surface area contributed by atoms with E-state index in [9.17, 15) is 4.79 Å². The lowest BCUT2D eigenvalue weighted by Crippen LogP contribution is -2.49. The zero-order valence-corrected chi connectivity index (χ0v) is 19.6. The second kappa shape index (κ2) is 12.1. The summed E-state index contributed by atoms with van der Waals surface area (Å²) in [5.74, 6) is 2.22. The highest BCUT2D eigenvalue weighted by atomic mass is 16.2. The van der Waals surface area contributed by atoms with Crippen molar-refractivity contribution in [2.24, 2.45) is 16.8 Å². The van der Waals surface area contributed by atoms with E-state index in [2.05, 4.69) is 58.9 Å². The van der Waals surface area contributed by atoms with Gasteiger partial charge < -0.3 is 20.4 Å². The second-order valence-electron chi connectivity index (χ2n) is 9.41. The number of nitrogens with zero attached hydrogens (tertiary/aromatic N) is 3. The number of aliphatic imine (C=N–C) groups is 1. The molecule has 0 bridgehead atoms. The molecule has 31 heavy (non-hydrogen) atoms. The van der Waals surface area contributed by atoms with E-state index < -0.39 is 0 Å². The summed E-state index contributed by atoms with van der Waals surface area (Å²) in [4.78, 5) is 21.2. The fourth-order valence-corrected chi connectivity index (χ4v) is 5.07. The first-order valence-corrected chi connectivity index (χ1v) is 12.0. The molecule has 2 atom stereocenters. The normalized spacial score (nSPS) is 21.5. The zero-order chi connectivity index (χ0) is 22.1. The largest absolute Gasteiger partial charge is 0.356 e. The molecule has 1 aliphatic heterocycles. The summed E-state index contributed by atoms with van der Waals surface area (Å²) in [7, 11) is 6.20. The fourth-order valence-electron chi connectivity index (χ4n) is 5.07. The molecule has 1 amide bonds. The Balaban J connectivity index is 1.41. The van der Waals surface area contributed by atoms with E-state index in [1.807, 2.05) is 18.0 Å². The molecule has 1 saturated carbocycles. The van der Waals surface area contributed by atoms with Crippen molar-refractivity contribution >= 4 is 11.9 Å². The maximum absolute atomic E-state index is 12.4. The Morgan fingerprint density at radius 2 is 1.90 bits per heavy atom. The number of likely N-dealkylation sites (N-methyl/N-ethyl adjacent to an activating group) is 1. The molecule has 1 aliphatic carbocycles. The van der Waals surface area contributed by atoms with E-state index in [1.54, 1.807) is 0 Å². The van der Waals surface area contributed by atoms with Gasteiger partial charge in [-0.2, -0.15) is 0 Å². The molecule has 2 fully saturated rings. The number of carbonyl (C=O) groups is 1. The van der Waals surface area contributed by atoms with E-state index in [0.29, 0.717) is 18.4 Å². The van der Waals surface area contributed by atoms with Crippen LogP contribution in [0.25, 0.3) is 0 Å². The lowest BCUT2D eigenvalue weighted by atomic mass is 9.83. The Bertz CT molecular complexity index is 699. The molecular weight excluding hydrogens is 386 g/mol. The van der Waals surface area contributed by atoms with Crippen molar-refractivity contribution in [1.29, 1.82) is 0 Å². The molecule has 2 unspecified atom stereocenters. The van der Waals surface area contributed by atoms with Gasteiger partial charge in [-0.05, 0) is 44.8 Å². The Kier molecular flexibility index (Phi) is 9.19. The van der Waals surface area contributed by atoms with Crippen molar-refractivity contribution in [2.45, 2.75) is 51.0 Å². The van der Waals surface area contributed by atoms with Crippen molar-refractivity contribution in [1.82, 2.24) is 20.4 Å². The molecule has 0 radical (unpaired) electrons.